The molecule has 6 heteroatoms. The lowest BCUT2D eigenvalue weighted by Crippen LogP contribution is -2.44. The highest BCUT2D eigenvalue weighted by Crippen LogP contribution is 2.24. The van der Waals surface area contributed by atoms with Crippen molar-refractivity contribution in [3.8, 4) is 0 Å². The van der Waals surface area contributed by atoms with Crippen molar-refractivity contribution in [2.24, 2.45) is 0 Å². The Balaban J connectivity index is 1.87. The van der Waals surface area contributed by atoms with Crippen LogP contribution in [0, 0.1) is 6.92 Å². The van der Waals surface area contributed by atoms with Gasteiger partial charge < -0.3 is 15.0 Å². The van der Waals surface area contributed by atoms with Gasteiger partial charge in [0.1, 0.15) is 5.60 Å². The number of piperidine rings is 1. The first-order chi connectivity index (χ1) is 10.2. The highest BCUT2D eigenvalue weighted by molar-refractivity contribution is 6.31. The van der Waals surface area contributed by atoms with Gasteiger partial charge in [-0.25, -0.2) is 9.78 Å². The maximum Gasteiger partial charge on any atom is 0.410 e. The number of hydrogen-bond donors (Lipinski definition) is 1. The third kappa shape index (κ3) is 4.77. The molecular weight excluding hydrogens is 302 g/mol. The summed E-state index contributed by atoms with van der Waals surface area (Å²) in [6.45, 7) is 9.00. The fourth-order valence-electron chi connectivity index (χ4n) is 2.41. The van der Waals surface area contributed by atoms with E-state index in [4.69, 9.17) is 16.3 Å². The van der Waals surface area contributed by atoms with Crippen molar-refractivity contribution in [2.75, 3.05) is 18.4 Å². The van der Waals surface area contributed by atoms with Crippen LogP contribution in [0.4, 0.5) is 10.5 Å². The number of aromatic nitrogens is 1. The Bertz CT molecular complexity index is 535. The zero-order chi connectivity index (χ0) is 16.3. The van der Waals surface area contributed by atoms with Crippen molar-refractivity contribution >= 4 is 23.4 Å². The number of likely N-dealkylation sites (tertiary alicyclic amines) is 1. The fraction of sp³-hybridized carbons (Fsp3) is 0.625. The number of rotatable bonds is 2. The standard InChI is InChI=1S/C16H24ClN3O2/c1-11-9-13(14(17)18-10-11)19-12-5-7-20(8-6-12)15(21)22-16(2,3)4/h9-10,12,19H,5-8H2,1-4H3. The molecule has 1 aromatic heterocycles. The van der Waals surface area contributed by atoms with Crippen LogP contribution in [0.1, 0.15) is 39.2 Å². The number of carbonyl (C=O) groups is 1. The molecule has 0 radical (unpaired) electrons. The van der Waals surface area contributed by atoms with Crippen molar-refractivity contribution in [2.45, 2.75) is 52.2 Å². The van der Waals surface area contributed by atoms with Gasteiger partial charge in [0.2, 0.25) is 0 Å². The van der Waals surface area contributed by atoms with E-state index < -0.39 is 5.60 Å². The molecule has 1 amide bonds. The number of hydrogen-bond acceptors (Lipinski definition) is 4. The first-order valence-electron chi connectivity index (χ1n) is 7.61. The van der Waals surface area contributed by atoms with E-state index in [1.54, 1.807) is 11.1 Å². The number of carbonyl (C=O) groups excluding carboxylic acids is 1. The Hall–Kier alpha value is -1.49. The topological polar surface area (TPSA) is 54.5 Å². The summed E-state index contributed by atoms with van der Waals surface area (Å²) in [5.74, 6) is 0. The summed E-state index contributed by atoms with van der Waals surface area (Å²) >= 11 is 6.11. The van der Waals surface area contributed by atoms with Gasteiger partial charge in [0.05, 0.1) is 5.69 Å². The van der Waals surface area contributed by atoms with Crippen molar-refractivity contribution in [3.05, 3.63) is 23.0 Å². The number of aryl methyl sites for hydroxylation is 1. The molecule has 1 N–H and O–H groups in total. The summed E-state index contributed by atoms with van der Waals surface area (Å²) in [6, 6.07) is 2.29. The molecule has 1 fully saturated rings. The predicted molar refractivity (Wildman–Crippen MR) is 88.4 cm³/mol. The third-order valence-corrected chi connectivity index (χ3v) is 3.78. The Kier molecular flexibility index (Phi) is 5.16. The van der Waals surface area contributed by atoms with E-state index in [0.717, 1.165) is 24.1 Å². The van der Waals surface area contributed by atoms with Gasteiger partial charge in [0, 0.05) is 25.3 Å². The lowest BCUT2D eigenvalue weighted by atomic mass is 10.1. The van der Waals surface area contributed by atoms with Gasteiger partial charge in [0.15, 0.2) is 5.15 Å². The molecule has 2 heterocycles. The molecule has 22 heavy (non-hydrogen) atoms. The van der Waals surface area contributed by atoms with E-state index >= 15 is 0 Å². The Labute approximate surface area is 137 Å². The molecule has 0 aliphatic carbocycles. The number of ether oxygens (including phenoxy) is 1. The van der Waals surface area contributed by atoms with Crippen molar-refractivity contribution in [1.29, 1.82) is 0 Å². The molecule has 122 valence electrons. The van der Waals surface area contributed by atoms with Crippen LogP contribution in [0.3, 0.4) is 0 Å². The highest BCUT2D eigenvalue weighted by Gasteiger charge is 2.27. The second kappa shape index (κ2) is 6.73. The molecule has 0 bridgehead atoms. The quantitative estimate of drug-likeness (QED) is 0.839. The van der Waals surface area contributed by atoms with Crippen LogP contribution in [0.2, 0.25) is 5.15 Å². The SMILES string of the molecule is Cc1cnc(Cl)c(NC2CCN(C(=O)OC(C)(C)C)CC2)c1. The van der Waals surface area contributed by atoms with Gasteiger partial charge in [0.25, 0.3) is 0 Å². The zero-order valence-electron chi connectivity index (χ0n) is 13.6. The summed E-state index contributed by atoms with van der Waals surface area (Å²) in [7, 11) is 0. The molecule has 1 aliphatic heterocycles. The van der Waals surface area contributed by atoms with Crippen LogP contribution in [-0.4, -0.2) is 40.7 Å². The van der Waals surface area contributed by atoms with Gasteiger partial charge in [-0.05, 0) is 52.2 Å². The molecule has 0 atom stereocenters. The van der Waals surface area contributed by atoms with E-state index in [2.05, 4.69) is 10.3 Å². The van der Waals surface area contributed by atoms with Gasteiger partial charge in [-0.2, -0.15) is 0 Å². The molecule has 0 spiro atoms. The molecule has 1 saturated heterocycles. The Morgan fingerprint density at radius 1 is 1.41 bits per heavy atom. The molecule has 2 rings (SSSR count). The van der Waals surface area contributed by atoms with Gasteiger partial charge in [-0.15, -0.1) is 0 Å². The van der Waals surface area contributed by atoms with E-state index in [1.165, 1.54) is 0 Å². The minimum Gasteiger partial charge on any atom is -0.444 e. The number of pyridine rings is 1. The second-order valence-corrected chi connectivity index (χ2v) is 7.10. The summed E-state index contributed by atoms with van der Waals surface area (Å²) < 4.78 is 5.40. The number of anilines is 1. The van der Waals surface area contributed by atoms with Crippen molar-refractivity contribution in [1.82, 2.24) is 9.88 Å². The first kappa shape index (κ1) is 16.9. The van der Waals surface area contributed by atoms with Crippen LogP contribution < -0.4 is 5.32 Å². The third-order valence-electron chi connectivity index (χ3n) is 3.48. The maximum atomic E-state index is 12.0. The highest BCUT2D eigenvalue weighted by atomic mass is 35.5. The average molecular weight is 326 g/mol. The van der Waals surface area contributed by atoms with Crippen molar-refractivity contribution in [3.63, 3.8) is 0 Å². The van der Waals surface area contributed by atoms with Gasteiger partial charge in [-0.3, -0.25) is 0 Å². The van der Waals surface area contributed by atoms with E-state index in [1.807, 2.05) is 33.8 Å². The Morgan fingerprint density at radius 2 is 2.05 bits per heavy atom. The summed E-state index contributed by atoms with van der Waals surface area (Å²) in [4.78, 5) is 17.9. The molecule has 0 aromatic carbocycles. The van der Waals surface area contributed by atoms with E-state index in [-0.39, 0.29) is 6.09 Å². The van der Waals surface area contributed by atoms with Crippen LogP contribution in [-0.2, 0) is 4.74 Å². The Morgan fingerprint density at radius 3 is 2.64 bits per heavy atom. The monoisotopic (exact) mass is 325 g/mol. The smallest absolute Gasteiger partial charge is 0.410 e. The summed E-state index contributed by atoms with van der Waals surface area (Å²) in [5.41, 5.74) is 1.47. The lowest BCUT2D eigenvalue weighted by molar-refractivity contribution is 0.0210. The fourth-order valence-corrected chi connectivity index (χ4v) is 2.56. The molecule has 5 nitrogen and oxygen atoms in total. The number of halogens is 1. The van der Waals surface area contributed by atoms with Crippen LogP contribution in [0.5, 0.6) is 0 Å². The minimum absolute atomic E-state index is 0.235. The minimum atomic E-state index is -0.451. The molecule has 0 saturated carbocycles. The van der Waals surface area contributed by atoms with E-state index in [0.29, 0.717) is 24.3 Å². The maximum absolute atomic E-state index is 12.0. The second-order valence-electron chi connectivity index (χ2n) is 6.74. The first-order valence-corrected chi connectivity index (χ1v) is 7.99. The molecule has 0 unspecified atom stereocenters. The normalized spacial score (nSPS) is 16.5. The van der Waals surface area contributed by atoms with Gasteiger partial charge in [-0.1, -0.05) is 11.6 Å². The van der Waals surface area contributed by atoms with Crippen LogP contribution in [0.15, 0.2) is 12.3 Å². The molecule has 1 aliphatic rings. The van der Waals surface area contributed by atoms with Crippen LogP contribution in [0.25, 0.3) is 0 Å². The number of nitrogens with one attached hydrogen (secondary N) is 1. The lowest BCUT2D eigenvalue weighted by Gasteiger charge is -2.34. The van der Waals surface area contributed by atoms with Crippen molar-refractivity contribution < 1.29 is 9.53 Å². The molecular formula is C16H24ClN3O2. The molecule has 1 aromatic rings. The van der Waals surface area contributed by atoms with Crippen LogP contribution >= 0.6 is 11.6 Å². The predicted octanol–water partition coefficient (Wildman–Crippen LogP) is 3.85. The number of amides is 1. The summed E-state index contributed by atoms with van der Waals surface area (Å²) in [5, 5.41) is 3.91. The van der Waals surface area contributed by atoms with E-state index in [9.17, 15) is 4.79 Å². The largest absolute Gasteiger partial charge is 0.444 e. The average Bonchev–Trinajstić information content (AvgIpc) is 2.42. The summed E-state index contributed by atoms with van der Waals surface area (Å²) in [6.07, 6.45) is 3.24. The number of nitrogens with zero attached hydrogens (tertiary/aromatic N) is 2. The van der Waals surface area contributed by atoms with Gasteiger partial charge >= 0.3 is 6.09 Å². The zero-order valence-corrected chi connectivity index (χ0v) is 14.4.